The molecule has 0 amide bonds. The number of aryl methyl sites for hydroxylation is 1. The minimum absolute atomic E-state index is 0.141. The van der Waals surface area contributed by atoms with E-state index >= 15 is 0 Å². The summed E-state index contributed by atoms with van der Waals surface area (Å²) >= 11 is 0. The highest BCUT2D eigenvalue weighted by Gasteiger charge is 2.15. The fourth-order valence-corrected chi connectivity index (χ4v) is 2.05. The zero-order valence-corrected chi connectivity index (χ0v) is 12.1. The van der Waals surface area contributed by atoms with Crippen LogP contribution < -0.4 is 0 Å². The van der Waals surface area contributed by atoms with Gasteiger partial charge in [-0.05, 0) is 29.5 Å². The van der Waals surface area contributed by atoms with Crippen LogP contribution in [0.4, 0.5) is 0 Å². The van der Waals surface area contributed by atoms with Crippen LogP contribution in [0.2, 0.25) is 0 Å². The second kappa shape index (κ2) is 5.17. The average Bonchev–Trinajstić information content (AvgIpc) is 2.74. The second-order valence-corrected chi connectivity index (χ2v) is 6.07. The van der Waals surface area contributed by atoms with Gasteiger partial charge in [-0.2, -0.15) is 5.10 Å². The topological polar surface area (TPSA) is 38.0 Å². The van der Waals surface area contributed by atoms with Crippen LogP contribution in [0, 0.1) is 6.92 Å². The molecule has 1 heterocycles. The van der Waals surface area contributed by atoms with Crippen LogP contribution in [0.25, 0.3) is 0 Å². The Morgan fingerprint density at radius 2 is 1.79 bits per heavy atom. The molecule has 0 spiro atoms. The number of nitrogens with zero attached hydrogens (tertiary/aromatic N) is 2. The molecule has 19 heavy (non-hydrogen) atoms. The van der Waals surface area contributed by atoms with E-state index in [1.54, 1.807) is 4.68 Å². The zero-order chi connectivity index (χ0) is 14.0. The summed E-state index contributed by atoms with van der Waals surface area (Å²) in [7, 11) is 0. The second-order valence-electron chi connectivity index (χ2n) is 6.07. The summed E-state index contributed by atoms with van der Waals surface area (Å²) in [5.41, 5.74) is 3.32. The molecule has 0 radical (unpaired) electrons. The predicted octanol–water partition coefficient (Wildman–Crippen LogP) is 3.22. The van der Waals surface area contributed by atoms with Crippen LogP contribution in [0.1, 0.15) is 43.7 Å². The van der Waals surface area contributed by atoms with Crippen molar-refractivity contribution in [1.82, 2.24) is 9.78 Å². The highest BCUT2D eigenvalue weighted by atomic mass is 16.3. The molecule has 0 aliphatic carbocycles. The molecule has 2 rings (SSSR count). The van der Waals surface area contributed by atoms with Crippen molar-refractivity contribution in [1.29, 1.82) is 0 Å². The number of hydrogen-bond acceptors (Lipinski definition) is 2. The smallest absolute Gasteiger partial charge is 0.0985 e. The lowest BCUT2D eigenvalue weighted by atomic mass is 9.86. The third-order valence-electron chi connectivity index (χ3n) is 3.30. The van der Waals surface area contributed by atoms with Crippen molar-refractivity contribution in [3.8, 4) is 0 Å². The first-order chi connectivity index (χ1) is 8.86. The summed E-state index contributed by atoms with van der Waals surface area (Å²) in [5.74, 6) is 0. The summed E-state index contributed by atoms with van der Waals surface area (Å²) in [6.45, 7) is 8.99. The fraction of sp³-hybridized carbons (Fsp3) is 0.438. The zero-order valence-electron chi connectivity index (χ0n) is 12.1. The van der Waals surface area contributed by atoms with E-state index in [2.05, 4.69) is 38.0 Å². The van der Waals surface area contributed by atoms with Crippen LogP contribution in [0.3, 0.4) is 0 Å². The quantitative estimate of drug-likeness (QED) is 0.918. The Labute approximate surface area is 114 Å². The number of aliphatic hydroxyl groups is 1. The van der Waals surface area contributed by atoms with Crippen molar-refractivity contribution >= 4 is 0 Å². The van der Waals surface area contributed by atoms with Gasteiger partial charge in [0.25, 0.3) is 0 Å². The van der Waals surface area contributed by atoms with Crippen molar-refractivity contribution in [3.63, 3.8) is 0 Å². The van der Waals surface area contributed by atoms with Gasteiger partial charge in [-0.1, -0.05) is 45.0 Å². The van der Waals surface area contributed by atoms with Gasteiger partial charge in [0.15, 0.2) is 0 Å². The van der Waals surface area contributed by atoms with Gasteiger partial charge in [0.1, 0.15) is 0 Å². The molecule has 102 valence electrons. The minimum Gasteiger partial charge on any atom is -0.386 e. The summed E-state index contributed by atoms with van der Waals surface area (Å²) < 4.78 is 1.78. The standard InChI is InChI=1S/C16H22N2O/c1-12-9-10-18(17-12)11-15(19)13-5-7-14(8-6-13)16(2,3)4/h5-10,15,19H,11H2,1-4H3. The number of rotatable bonds is 3. The number of aromatic nitrogens is 2. The largest absolute Gasteiger partial charge is 0.386 e. The average molecular weight is 258 g/mol. The van der Waals surface area contributed by atoms with Crippen molar-refractivity contribution < 1.29 is 5.11 Å². The third kappa shape index (κ3) is 3.44. The molecule has 3 heteroatoms. The number of aliphatic hydroxyl groups excluding tert-OH is 1. The first kappa shape index (κ1) is 13.8. The molecular weight excluding hydrogens is 236 g/mol. The van der Waals surface area contributed by atoms with Gasteiger partial charge in [0, 0.05) is 6.20 Å². The highest BCUT2D eigenvalue weighted by molar-refractivity contribution is 5.28. The minimum atomic E-state index is -0.520. The normalized spacial score (nSPS) is 13.5. The van der Waals surface area contributed by atoms with E-state index in [1.807, 2.05) is 31.3 Å². The van der Waals surface area contributed by atoms with Gasteiger partial charge in [-0.25, -0.2) is 0 Å². The van der Waals surface area contributed by atoms with E-state index in [1.165, 1.54) is 5.56 Å². The van der Waals surface area contributed by atoms with E-state index in [9.17, 15) is 5.11 Å². The molecule has 0 aliphatic rings. The van der Waals surface area contributed by atoms with E-state index in [0.717, 1.165) is 11.3 Å². The highest BCUT2D eigenvalue weighted by Crippen LogP contribution is 2.24. The number of hydrogen-bond donors (Lipinski definition) is 1. The molecule has 1 atom stereocenters. The van der Waals surface area contributed by atoms with E-state index in [0.29, 0.717) is 6.54 Å². The molecule has 0 bridgehead atoms. The van der Waals surface area contributed by atoms with Gasteiger partial charge in [0.05, 0.1) is 18.3 Å². The Morgan fingerprint density at radius 3 is 2.26 bits per heavy atom. The number of benzene rings is 1. The Hall–Kier alpha value is -1.61. The third-order valence-corrected chi connectivity index (χ3v) is 3.30. The lowest BCUT2D eigenvalue weighted by Gasteiger charge is -2.20. The fourth-order valence-electron chi connectivity index (χ4n) is 2.05. The Morgan fingerprint density at radius 1 is 1.16 bits per heavy atom. The van der Waals surface area contributed by atoms with Crippen LogP contribution in [0.15, 0.2) is 36.5 Å². The lowest BCUT2D eigenvalue weighted by Crippen LogP contribution is -2.12. The van der Waals surface area contributed by atoms with Crippen LogP contribution in [-0.4, -0.2) is 14.9 Å². The molecule has 2 aromatic rings. The maximum atomic E-state index is 10.2. The summed E-state index contributed by atoms with van der Waals surface area (Å²) in [4.78, 5) is 0. The first-order valence-corrected chi connectivity index (χ1v) is 6.65. The molecule has 0 saturated heterocycles. The Bertz CT molecular complexity index is 535. The van der Waals surface area contributed by atoms with Crippen molar-refractivity contribution in [2.45, 2.75) is 45.8 Å². The monoisotopic (exact) mass is 258 g/mol. The molecule has 1 aromatic heterocycles. The van der Waals surface area contributed by atoms with Gasteiger partial charge in [0.2, 0.25) is 0 Å². The first-order valence-electron chi connectivity index (χ1n) is 6.65. The molecule has 1 aromatic carbocycles. The summed E-state index contributed by atoms with van der Waals surface area (Å²) in [6, 6.07) is 10.1. The van der Waals surface area contributed by atoms with Crippen LogP contribution in [0.5, 0.6) is 0 Å². The molecular formula is C16H22N2O. The predicted molar refractivity (Wildman–Crippen MR) is 77.1 cm³/mol. The summed E-state index contributed by atoms with van der Waals surface area (Å²) in [5, 5.41) is 14.5. The van der Waals surface area contributed by atoms with Gasteiger partial charge >= 0.3 is 0 Å². The van der Waals surface area contributed by atoms with Crippen LogP contribution in [-0.2, 0) is 12.0 Å². The lowest BCUT2D eigenvalue weighted by molar-refractivity contribution is 0.151. The van der Waals surface area contributed by atoms with Gasteiger partial charge in [-0.15, -0.1) is 0 Å². The Balaban J connectivity index is 2.09. The van der Waals surface area contributed by atoms with E-state index < -0.39 is 6.10 Å². The van der Waals surface area contributed by atoms with Crippen molar-refractivity contribution in [3.05, 3.63) is 53.3 Å². The van der Waals surface area contributed by atoms with Gasteiger partial charge < -0.3 is 5.11 Å². The van der Waals surface area contributed by atoms with Crippen molar-refractivity contribution in [2.75, 3.05) is 0 Å². The molecule has 1 N–H and O–H groups in total. The molecule has 0 aliphatic heterocycles. The van der Waals surface area contributed by atoms with E-state index in [4.69, 9.17) is 0 Å². The van der Waals surface area contributed by atoms with Gasteiger partial charge in [-0.3, -0.25) is 4.68 Å². The Kier molecular flexibility index (Phi) is 3.76. The van der Waals surface area contributed by atoms with Crippen molar-refractivity contribution in [2.24, 2.45) is 0 Å². The maximum absolute atomic E-state index is 10.2. The molecule has 3 nitrogen and oxygen atoms in total. The van der Waals surface area contributed by atoms with Crippen LogP contribution >= 0.6 is 0 Å². The van der Waals surface area contributed by atoms with E-state index in [-0.39, 0.29) is 5.41 Å². The SMILES string of the molecule is Cc1ccn(CC(O)c2ccc(C(C)(C)C)cc2)n1. The molecule has 1 unspecified atom stereocenters. The molecule has 0 fully saturated rings. The summed E-state index contributed by atoms with van der Waals surface area (Å²) in [6.07, 6.45) is 1.37. The maximum Gasteiger partial charge on any atom is 0.0985 e. The molecule has 0 saturated carbocycles.